The number of hydrogen-bond donors (Lipinski definition) is 2. The maximum atomic E-state index is 12.0. The van der Waals surface area contributed by atoms with Gasteiger partial charge in [0.15, 0.2) is 0 Å². The van der Waals surface area contributed by atoms with E-state index in [-0.39, 0.29) is 5.91 Å². The van der Waals surface area contributed by atoms with Crippen LogP contribution in [0.1, 0.15) is 22.3 Å². The third kappa shape index (κ3) is 5.18. The van der Waals surface area contributed by atoms with Gasteiger partial charge in [-0.25, -0.2) is 8.42 Å². The second kappa shape index (κ2) is 7.25. The Kier molecular flexibility index (Phi) is 5.97. The molecule has 112 valence electrons. The summed E-state index contributed by atoms with van der Waals surface area (Å²) in [5.41, 5.74) is 1.47. The standard InChI is InChI=1S/C13H20N2O4S/c1-10-11(13(16)14-8-5-9-19-2)6-4-7-12(10)15-20(3,17)18/h4,6-7,15H,5,8-9H2,1-3H3,(H,14,16). The van der Waals surface area contributed by atoms with E-state index in [1.54, 1.807) is 32.2 Å². The number of rotatable bonds is 7. The minimum atomic E-state index is -3.36. The molecule has 1 rings (SSSR count). The van der Waals surface area contributed by atoms with Gasteiger partial charge in [-0.15, -0.1) is 0 Å². The average molecular weight is 300 g/mol. The van der Waals surface area contributed by atoms with Crippen molar-refractivity contribution < 1.29 is 17.9 Å². The molecule has 0 unspecified atom stereocenters. The topological polar surface area (TPSA) is 84.5 Å². The molecule has 0 aliphatic rings. The monoisotopic (exact) mass is 300 g/mol. The predicted octanol–water partition coefficient (Wildman–Crippen LogP) is 1.13. The van der Waals surface area contributed by atoms with Crippen molar-refractivity contribution in [1.82, 2.24) is 5.32 Å². The highest BCUT2D eigenvalue weighted by molar-refractivity contribution is 7.92. The van der Waals surface area contributed by atoms with Crippen LogP contribution in [0, 0.1) is 6.92 Å². The molecule has 6 nitrogen and oxygen atoms in total. The fourth-order valence-corrected chi connectivity index (χ4v) is 2.33. The lowest BCUT2D eigenvalue weighted by atomic mass is 10.1. The van der Waals surface area contributed by atoms with Crippen LogP contribution >= 0.6 is 0 Å². The smallest absolute Gasteiger partial charge is 0.251 e. The quantitative estimate of drug-likeness (QED) is 0.739. The molecule has 0 saturated carbocycles. The average Bonchev–Trinajstić information content (AvgIpc) is 2.35. The SMILES string of the molecule is COCCCNC(=O)c1cccc(NS(C)(=O)=O)c1C. The van der Waals surface area contributed by atoms with Crippen molar-refractivity contribution in [2.45, 2.75) is 13.3 Å². The molecule has 1 aromatic carbocycles. The number of carbonyl (C=O) groups is 1. The van der Waals surface area contributed by atoms with Crippen molar-refractivity contribution in [2.24, 2.45) is 0 Å². The molecule has 0 aromatic heterocycles. The van der Waals surface area contributed by atoms with E-state index in [1.807, 2.05) is 0 Å². The Hall–Kier alpha value is -1.60. The Labute approximate surface area is 119 Å². The Morgan fingerprint density at radius 3 is 2.65 bits per heavy atom. The number of hydrogen-bond acceptors (Lipinski definition) is 4. The van der Waals surface area contributed by atoms with Gasteiger partial charge in [0.05, 0.1) is 11.9 Å². The maximum absolute atomic E-state index is 12.0. The lowest BCUT2D eigenvalue weighted by molar-refractivity contribution is 0.0948. The van der Waals surface area contributed by atoms with Gasteiger partial charge in [-0.05, 0) is 31.0 Å². The number of anilines is 1. The summed E-state index contributed by atoms with van der Waals surface area (Å²) in [6.07, 6.45) is 1.80. The number of nitrogens with one attached hydrogen (secondary N) is 2. The first-order valence-electron chi connectivity index (χ1n) is 6.19. The lowest BCUT2D eigenvalue weighted by Crippen LogP contribution is -2.26. The largest absolute Gasteiger partial charge is 0.385 e. The van der Waals surface area contributed by atoms with Crippen LogP contribution in [-0.4, -0.2) is 40.8 Å². The van der Waals surface area contributed by atoms with Crippen molar-refractivity contribution in [3.05, 3.63) is 29.3 Å². The van der Waals surface area contributed by atoms with Gasteiger partial charge in [-0.3, -0.25) is 9.52 Å². The zero-order chi connectivity index (χ0) is 15.2. The molecule has 0 aliphatic heterocycles. The first-order valence-corrected chi connectivity index (χ1v) is 8.09. The molecule has 2 N–H and O–H groups in total. The van der Waals surface area contributed by atoms with Gasteiger partial charge in [-0.2, -0.15) is 0 Å². The van der Waals surface area contributed by atoms with E-state index in [0.717, 1.165) is 12.7 Å². The first-order chi connectivity index (χ1) is 9.35. The van der Waals surface area contributed by atoms with E-state index in [1.165, 1.54) is 0 Å². The second-order valence-corrected chi connectivity index (χ2v) is 6.20. The fourth-order valence-electron chi connectivity index (χ4n) is 1.71. The zero-order valence-corrected chi connectivity index (χ0v) is 12.7. The minimum absolute atomic E-state index is 0.226. The molecule has 20 heavy (non-hydrogen) atoms. The zero-order valence-electron chi connectivity index (χ0n) is 11.9. The highest BCUT2D eigenvalue weighted by Gasteiger charge is 2.13. The summed E-state index contributed by atoms with van der Waals surface area (Å²) in [7, 11) is -1.76. The van der Waals surface area contributed by atoms with Crippen molar-refractivity contribution in [2.75, 3.05) is 31.2 Å². The third-order valence-corrected chi connectivity index (χ3v) is 3.28. The molecular weight excluding hydrogens is 280 g/mol. The van der Waals surface area contributed by atoms with Gasteiger partial charge in [0, 0.05) is 25.8 Å². The van der Waals surface area contributed by atoms with Gasteiger partial charge in [0.1, 0.15) is 0 Å². The Balaban J connectivity index is 2.80. The Morgan fingerprint density at radius 2 is 2.05 bits per heavy atom. The van der Waals surface area contributed by atoms with E-state index >= 15 is 0 Å². The van der Waals surface area contributed by atoms with Crippen LogP contribution < -0.4 is 10.0 Å². The van der Waals surface area contributed by atoms with Crippen LogP contribution in [-0.2, 0) is 14.8 Å². The molecule has 0 atom stereocenters. The summed E-state index contributed by atoms with van der Waals surface area (Å²) in [5.74, 6) is -0.226. The van der Waals surface area contributed by atoms with Crippen molar-refractivity contribution in [3.63, 3.8) is 0 Å². The first kappa shape index (κ1) is 16.5. The normalized spacial score (nSPS) is 11.2. The molecular formula is C13H20N2O4S. The molecule has 1 aromatic rings. The van der Waals surface area contributed by atoms with Crippen LogP contribution in [0.15, 0.2) is 18.2 Å². The second-order valence-electron chi connectivity index (χ2n) is 4.45. The van der Waals surface area contributed by atoms with Gasteiger partial charge >= 0.3 is 0 Å². The Morgan fingerprint density at radius 1 is 1.35 bits per heavy atom. The molecule has 0 saturated heterocycles. The highest BCUT2D eigenvalue weighted by atomic mass is 32.2. The van der Waals surface area contributed by atoms with Crippen molar-refractivity contribution in [3.8, 4) is 0 Å². The van der Waals surface area contributed by atoms with E-state index in [0.29, 0.717) is 30.0 Å². The minimum Gasteiger partial charge on any atom is -0.385 e. The molecule has 1 amide bonds. The van der Waals surface area contributed by atoms with Crippen LogP contribution in [0.25, 0.3) is 0 Å². The number of amides is 1. The predicted molar refractivity (Wildman–Crippen MR) is 78.5 cm³/mol. The van der Waals surface area contributed by atoms with E-state index in [4.69, 9.17) is 4.74 Å². The summed E-state index contributed by atoms with van der Waals surface area (Å²) in [4.78, 5) is 12.0. The molecule has 0 bridgehead atoms. The molecule has 0 aliphatic carbocycles. The van der Waals surface area contributed by atoms with E-state index < -0.39 is 10.0 Å². The fraction of sp³-hybridized carbons (Fsp3) is 0.462. The van der Waals surface area contributed by atoms with Crippen LogP contribution in [0.3, 0.4) is 0 Å². The summed E-state index contributed by atoms with van der Waals surface area (Å²) >= 11 is 0. The molecule has 7 heteroatoms. The van der Waals surface area contributed by atoms with E-state index in [9.17, 15) is 13.2 Å². The van der Waals surface area contributed by atoms with Gasteiger partial charge in [-0.1, -0.05) is 6.07 Å². The Bertz CT molecular complexity index is 570. The van der Waals surface area contributed by atoms with Crippen molar-refractivity contribution in [1.29, 1.82) is 0 Å². The van der Waals surface area contributed by atoms with Crippen LogP contribution in [0.4, 0.5) is 5.69 Å². The highest BCUT2D eigenvalue weighted by Crippen LogP contribution is 2.19. The molecule has 0 radical (unpaired) electrons. The number of benzene rings is 1. The molecule has 0 heterocycles. The van der Waals surface area contributed by atoms with Gasteiger partial charge in [0.2, 0.25) is 10.0 Å². The summed E-state index contributed by atoms with van der Waals surface area (Å²) < 4.78 is 29.8. The summed E-state index contributed by atoms with van der Waals surface area (Å²) in [5, 5.41) is 2.77. The van der Waals surface area contributed by atoms with E-state index in [2.05, 4.69) is 10.0 Å². The molecule has 0 spiro atoms. The van der Waals surface area contributed by atoms with Crippen LogP contribution in [0.5, 0.6) is 0 Å². The number of ether oxygens (including phenoxy) is 1. The number of methoxy groups -OCH3 is 1. The van der Waals surface area contributed by atoms with Crippen LogP contribution in [0.2, 0.25) is 0 Å². The third-order valence-electron chi connectivity index (χ3n) is 2.68. The lowest BCUT2D eigenvalue weighted by Gasteiger charge is -2.12. The summed E-state index contributed by atoms with van der Waals surface area (Å²) in [6.45, 7) is 2.79. The summed E-state index contributed by atoms with van der Waals surface area (Å²) in [6, 6.07) is 4.93. The number of carbonyl (C=O) groups excluding carboxylic acids is 1. The number of sulfonamides is 1. The van der Waals surface area contributed by atoms with Crippen molar-refractivity contribution >= 4 is 21.6 Å². The van der Waals surface area contributed by atoms with Gasteiger partial charge < -0.3 is 10.1 Å². The molecule has 0 fully saturated rings. The maximum Gasteiger partial charge on any atom is 0.251 e. The van der Waals surface area contributed by atoms with Gasteiger partial charge in [0.25, 0.3) is 5.91 Å².